The first-order chi connectivity index (χ1) is 17.7. The average molecular weight is 526 g/mol. The second-order valence-corrected chi connectivity index (χ2v) is 12.1. The number of allylic oxidation sites excluding steroid dienone is 2. The Kier molecular flexibility index (Phi) is 15.8. The van der Waals surface area contributed by atoms with Crippen molar-refractivity contribution in [3.8, 4) is 0 Å². The Bertz CT molecular complexity index is 920. The Balaban J connectivity index is 0.00000255. The van der Waals surface area contributed by atoms with Crippen LogP contribution in [0.25, 0.3) is 0 Å². The van der Waals surface area contributed by atoms with E-state index in [4.69, 9.17) is 4.74 Å². The number of hydrogen-bond donors (Lipinski definition) is 1. The van der Waals surface area contributed by atoms with E-state index in [1.54, 1.807) is 6.08 Å². The van der Waals surface area contributed by atoms with E-state index in [0.29, 0.717) is 18.0 Å². The van der Waals surface area contributed by atoms with Crippen LogP contribution in [0.1, 0.15) is 124 Å². The Morgan fingerprint density at radius 1 is 1.05 bits per heavy atom. The lowest BCUT2D eigenvalue weighted by molar-refractivity contribution is -0.135. The van der Waals surface area contributed by atoms with Crippen molar-refractivity contribution < 1.29 is 9.53 Å². The van der Waals surface area contributed by atoms with Crippen LogP contribution in [0, 0.1) is 12.8 Å². The van der Waals surface area contributed by atoms with Gasteiger partial charge in [-0.3, -0.25) is 4.79 Å². The summed E-state index contributed by atoms with van der Waals surface area (Å²) in [5.41, 5.74) is 6.49. The second-order valence-electron chi connectivity index (χ2n) is 12.1. The molecule has 2 rings (SSSR count). The fourth-order valence-electron chi connectivity index (χ4n) is 4.59. The molecule has 3 heteroatoms. The normalized spacial score (nSPS) is 16.8. The lowest BCUT2D eigenvalue weighted by Gasteiger charge is -2.42. The van der Waals surface area contributed by atoms with Crippen molar-refractivity contribution in [2.75, 3.05) is 0 Å². The van der Waals surface area contributed by atoms with Gasteiger partial charge in [0, 0.05) is 12.1 Å². The van der Waals surface area contributed by atoms with E-state index in [9.17, 15) is 4.79 Å². The fraction of sp³-hybridized carbons (Fsp3) is 0.629. The van der Waals surface area contributed by atoms with Crippen LogP contribution >= 0.6 is 0 Å². The van der Waals surface area contributed by atoms with Crippen molar-refractivity contribution in [3.63, 3.8) is 0 Å². The first kappa shape index (κ1) is 35.9. The highest BCUT2D eigenvalue weighted by molar-refractivity contribution is 5.83. The molecule has 0 saturated carbocycles. The zero-order valence-corrected chi connectivity index (χ0v) is 26.9. The quantitative estimate of drug-likeness (QED) is 0.244. The SMILES string of the molecule is C=CCC(OC(C)Cc1cc2c(cc1C)C(C)(C)CCC2(C)C)C(=O)NC(=C)/C=C\C(C)C.CC.CCC. The smallest absolute Gasteiger partial charge is 0.253 e. The van der Waals surface area contributed by atoms with Crippen LogP contribution in [-0.4, -0.2) is 18.1 Å². The molecule has 1 N–H and O–H groups in total. The number of amides is 1. The number of rotatable bonds is 10. The first-order valence-corrected chi connectivity index (χ1v) is 14.8. The highest BCUT2D eigenvalue weighted by Crippen LogP contribution is 2.46. The molecule has 0 saturated heterocycles. The number of aryl methyl sites for hydroxylation is 1. The molecule has 38 heavy (non-hydrogen) atoms. The molecule has 2 unspecified atom stereocenters. The molecule has 1 aliphatic rings. The van der Waals surface area contributed by atoms with Gasteiger partial charge in [0.25, 0.3) is 5.91 Å². The maximum atomic E-state index is 12.8. The number of ether oxygens (including phenoxy) is 1. The van der Waals surface area contributed by atoms with Gasteiger partial charge in [0.2, 0.25) is 0 Å². The van der Waals surface area contributed by atoms with E-state index in [1.165, 1.54) is 41.5 Å². The van der Waals surface area contributed by atoms with Gasteiger partial charge in [-0.05, 0) is 78.2 Å². The van der Waals surface area contributed by atoms with Gasteiger partial charge < -0.3 is 10.1 Å². The van der Waals surface area contributed by atoms with Crippen LogP contribution in [0.4, 0.5) is 0 Å². The minimum atomic E-state index is -0.588. The molecule has 0 radical (unpaired) electrons. The van der Waals surface area contributed by atoms with Gasteiger partial charge >= 0.3 is 0 Å². The van der Waals surface area contributed by atoms with Crippen molar-refractivity contribution in [1.82, 2.24) is 5.32 Å². The highest BCUT2D eigenvalue weighted by Gasteiger charge is 2.37. The Labute approximate surface area is 236 Å². The molecule has 216 valence electrons. The van der Waals surface area contributed by atoms with Crippen molar-refractivity contribution >= 4 is 5.91 Å². The minimum absolute atomic E-state index is 0.100. The molecular formula is C35H59NO2. The molecule has 0 aliphatic heterocycles. The van der Waals surface area contributed by atoms with Crippen LogP contribution < -0.4 is 5.32 Å². The highest BCUT2D eigenvalue weighted by atomic mass is 16.5. The van der Waals surface area contributed by atoms with E-state index < -0.39 is 6.10 Å². The monoisotopic (exact) mass is 525 g/mol. The first-order valence-electron chi connectivity index (χ1n) is 14.8. The summed E-state index contributed by atoms with van der Waals surface area (Å²) in [5.74, 6) is 0.222. The zero-order chi connectivity index (χ0) is 29.7. The van der Waals surface area contributed by atoms with Crippen LogP contribution in [0.5, 0.6) is 0 Å². The molecule has 0 spiro atoms. The lowest BCUT2D eigenvalue weighted by Crippen LogP contribution is -2.37. The molecule has 1 aromatic carbocycles. The number of benzene rings is 1. The van der Waals surface area contributed by atoms with E-state index in [2.05, 4.69) is 92.9 Å². The third-order valence-corrected chi connectivity index (χ3v) is 6.85. The van der Waals surface area contributed by atoms with Gasteiger partial charge in [-0.25, -0.2) is 0 Å². The van der Waals surface area contributed by atoms with Crippen LogP contribution in [0.2, 0.25) is 0 Å². The molecule has 0 aromatic heterocycles. The van der Waals surface area contributed by atoms with Gasteiger partial charge in [0.1, 0.15) is 6.10 Å². The summed E-state index contributed by atoms with van der Waals surface area (Å²) in [6.07, 6.45) is 9.78. The predicted molar refractivity (Wildman–Crippen MR) is 168 cm³/mol. The number of nitrogens with one attached hydrogen (secondary N) is 1. The van der Waals surface area contributed by atoms with Crippen molar-refractivity contribution in [2.24, 2.45) is 5.92 Å². The number of carbonyl (C=O) groups excluding carboxylic acids is 1. The number of carbonyl (C=O) groups is 1. The number of fused-ring (bicyclic) bond motifs is 1. The summed E-state index contributed by atoms with van der Waals surface area (Å²) >= 11 is 0. The Morgan fingerprint density at radius 2 is 1.55 bits per heavy atom. The lowest BCUT2D eigenvalue weighted by atomic mass is 9.62. The van der Waals surface area contributed by atoms with E-state index in [0.717, 1.165) is 6.42 Å². The largest absolute Gasteiger partial charge is 0.365 e. The van der Waals surface area contributed by atoms with Crippen LogP contribution in [0.3, 0.4) is 0 Å². The van der Waals surface area contributed by atoms with E-state index in [1.807, 2.05) is 32.9 Å². The van der Waals surface area contributed by atoms with E-state index in [-0.39, 0.29) is 22.8 Å². The summed E-state index contributed by atoms with van der Waals surface area (Å²) in [7, 11) is 0. The predicted octanol–water partition coefficient (Wildman–Crippen LogP) is 9.52. The summed E-state index contributed by atoms with van der Waals surface area (Å²) < 4.78 is 6.23. The van der Waals surface area contributed by atoms with Crippen LogP contribution in [-0.2, 0) is 26.8 Å². The summed E-state index contributed by atoms with van der Waals surface area (Å²) in [5, 5.41) is 2.87. The molecule has 0 bridgehead atoms. The van der Waals surface area contributed by atoms with Crippen molar-refractivity contribution in [2.45, 2.75) is 138 Å². The third-order valence-electron chi connectivity index (χ3n) is 6.85. The van der Waals surface area contributed by atoms with Gasteiger partial charge in [-0.2, -0.15) is 0 Å². The molecule has 3 nitrogen and oxygen atoms in total. The van der Waals surface area contributed by atoms with Gasteiger partial charge in [-0.15, -0.1) is 6.58 Å². The number of hydrogen-bond acceptors (Lipinski definition) is 2. The Morgan fingerprint density at radius 3 is 2.03 bits per heavy atom. The minimum Gasteiger partial charge on any atom is -0.365 e. The Hall–Kier alpha value is -2.13. The standard InChI is InChI=1S/C30H45NO2.C3H8.C2H6/c1-11-12-27(28(32)31-22(5)14-13-20(2)3)33-23(6)18-24-19-26-25(17-21(24)4)29(7,8)15-16-30(26,9)10;1-3-2;1-2/h11,13-14,17,19-20,23,27H,1,5,12,15-16,18H2,2-4,6-10H3,(H,31,32);3H2,1-2H3;1-2H3/b14-13-;;. The molecule has 1 aliphatic carbocycles. The molecular weight excluding hydrogens is 466 g/mol. The summed E-state index contributed by atoms with van der Waals surface area (Å²) in [6, 6.07) is 4.78. The average Bonchev–Trinajstić information content (AvgIpc) is 2.83. The molecule has 0 fully saturated rings. The summed E-state index contributed by atoms with van der Waals surface area (Å²) in [6.45, 7) is 33.8. The third kappa shape index (κ3) is 11.3. The van der Waals surface area contributed by atoms with Gasteiger partial charge in [0.05, 0.1) is 6.10 Å². The van der Waals surface area contributed by atoms with Crippen molar-refractivity contribution in [1.29, 1.82) is 0 Å². The molecule has 2 atom stereocenters. The molecule has 0 heterocycles. The van der Waals surface area contributed by atoms with Crippen LogP contribution in [0.15, 0.2) is 49.2 Å². The second kappa shape index (κ2) is 16.7. The van der Waals surface area contributed by atoms with Gasteiger partial charge in [0.15, 0.2) is 0 Å². The molecule has 1 aromatic rings. The molecule has 1 amide bonds. The maximum absolute atomic E-state index is 12.8. The topological polar surface area (TPSA) is 38.3 Å². The van der Waals surface area contributed by atoms with E-state index >= 15 is 0 Å². The maximum Gasteiger partial charge on any atom is 0.253 e. The van der Waals surface area contributed by atoms with Crippen molar-refractivity contribution in [3.05, 3.63) is 71.5 Å². The fourth-order valence-corrected chi connectivity index (χ4v) is 4.59. The van der Waals surface area contributed by atoms with Gasteiger partial charge in [-0.1, -0.05) is 107 Å². The zero-order valence-electron chi connectivity index (χ0n) is 26.9. The summed E-state index contributed by atoms with van der Waals surface area (Å²) in [4.78, 5) is 12.8.